The molecule has 144 valence electrons. The molecule has 0 aliphatic heterocycles. The highest BCUT2D eigenvalue weighted by Gasteiger charge is 2.32. The van der Waals surface area contributed by atoms with E-state index in [1.807, 2.05) is 0 Å². The summed E-state index contributed by atoms with van der Waals surface area (Å²) in [5, 5.41) is 10.8. The van der Waals surface area contributed by atoms with Crippen LogP contribution in [-0.2, 0) is 9.53 Å². The van der Waals surface area contributed by atoms with Crippen molar-refractivity contribution in [2.45, 2.75) is 33.3 Å². The number of aryl methyl sites for hydroxylation is 1. The monoisotopic (exact) mass is 377 g/mol. The highest BCUT2D eigenvalue weighted by Crippen LogP contribution is 2.31. The van der Waals surface area contributed by atoms with E-state index in [1.54, 1.807) is 45.9 Å². The van der Waals surface area contributed by atoms with Gasteiger partial charge in [0.05, 0.1) is 23.7 Å². The number of non-ortho nitro benzene ring substituents is 1. The average molecular weight is 377 g/mol. The highest BCUT2D eigenvalue weighted by atomic mass is 19.1. The molecule has 0 heterocycles. The van der Waals surface area contributed by atoms with Crippen molar-refractivity contribution in [1.29, 1.82) is 0 Å². The van der Waals surface area contributed by atoms with E-state index in [-0.39, 0.29) is 12.4 Å². The van der Waals surface area contributed by atoms with E-state index < -0.39 is 28.0 Å². The molecule has 27 heavy (non-hydrogen) atoms. The maximum atomic E-state index is 13.5. The number of nitro groups is 1. The number of benzene rings is 2. The third-order valence-electron chi connectivity index (χ3n) is 3.58. The molecule has 0 unspecified atom stereocenters. The van der Waals surface area contributed by atoms with E-state index in [4.69, 9.17) is 14.2 Å². The van der Waals surface area contributed by atoms with Crippen LogP contribution in [0.15, 0.2) is 36.4 Å². The van der Waals surface area contributed by atoms with Crippen LogP contribution in [0.5, 0.6) is 17.2 Å². The van der Waals surface area contributed by atoms with Crippen LogP contribution in [0.3, 0.4) is 0 Å². The Labute approximate surface area is 155 Å². The molecule has 0 fully saturated rings. The Morgan fingerprint density at radius 2 is 1.89 bits per heavy atom. The lowest BCUT2D eigenvalue weighted by molar-refractivity contribution is -0.385. The molecule has 0 saturated carbocycles. The summed E-state index contributed by atoms with van der Waals surface area (Å²) < 4.78 is 29.7. The molecule has 0 aliphatic rings. The number of rotatable bonds is 7. The van der Waals surface area contributed by atoms with Crippen LogP contribution in [-0.4, -0.2) is 23.1 Å². The minimum absolute atomic E-state index is 0.00150. The number of carbonyl (C=O) groups is 1. The Morgan fingerprint density at radius 3 is 2.48 bits per heavy atom. The summed E-state index contributed by atoms with van der Waals surface area (Å²) in [6.45, 7) is 6.90. The second-order valence-electron chi connectivity index (χ2n) is 6.26. The summed E-state index contributed by atoms with van der Waals surface area (Å²) in [4.78, 5) is 22.1. The standard InChI is InChI=1S/C19H20FNO6/c1-5-25-18(22)19(3,4)27-17-7-6-15(8-12(17)2)26-16-10-13(20)9-14(11-16)21(23)24/h6-11H,5H2,1-4H3. The van der Waals surface area contributed by atoms with E-state index in [0.29, 0.717) is 17.1 Å². The van der Waals surface area contributed by atoms with Crippen LogP contribution in [0.25, 0.3) is 0 Å². The molecule has 0 aromatic heterocycles. The van der Waals surface area contributed by atoms with Crippen molar-refractivity contribution in [3.8, 4) is 17.2 Å². The van der Waals surface area contributed by atoms with Crippen LogP contribution in [0.2, 0.25) is 0 Å². The lowest BCUT2D eigenvalue weighted by Crippen LogP contribution is -2.39. The molecule has 0 atom stereocenters. The van der Waals surface area contributed by atoms with Crippen molar-refractivity contribution in [1.82, 2.24) is 0 Å². The first-order valence-electron chi connectivity index (χ1n) is 8.22. The molecule has 7 nitrogen and oxygen atoms in total. The van der Waals surface area contributed by atoms with E-state index in [1.165, 1.54) is 0 Å². The topological polar surface area (TPSA) is 87.9 Å². The number of nitro benzene ring substituents is 1. The molecule has 0 N–H and O–H groups in total. The first-order valence-corrected chi connectivity index (χ1v) is 8.22. The third kappa shape index (κ3) is 5.16. The van der Waals surface area contributed by atoms with Crippen molar-refractivity contribution in [2.75, 3.05) is 6.61 Å². The highest BCUT2D eigenvalue weighted by molar-refractivity contribution is 5.79. The van der Waals surface area contributed by atoms with Crippen molar-refractivity contribution >= 4 is 11.7 Å². The van der Waals surface area contributed by atoms with E-state index in [2.05, 4.69) is 0 Å². The predicted octanol–water partition coefficient (Wildman–Crippen LogP) is 4.56. The van der Waals surface area contributed by atoms with Crippen LogP contribution >= 0.6 is 0 Å². The first-order chi connectivity index (χ1) is 12.6. The third-order valence-corrected chi connectivity index (χ3v) is 3.58. The Hall–Kier alpha value is -3.16. The molecule has 0 bridgehead atoms. The second-order valence-corrected chi connectivity index (χ2v) is 6.26. The van der Waals surface area contributed by atoms with Gasteiger partial charge in [-0.2, -0.15) is 0 Å². The summed E-state index contributed by atoms with van der Waals surface area (Å²) in [5.41, 5.74) is -0.916. The van der Waals surface area contributed by atoms with Crippen molar-refractivity contribution < 1.29 is 28.3 Å². The van der Waals surface area contributed by atoms with Gasteiger partial charge < -0.3 is 14.2 Å². The number of hydrogen-bond donors (Lipinski definition) is 0. The van der Waals surface area contributed by atoms with Gasteiger partial charge in [-0.3, -0.25) is 10.1 Å². The van der Waals surface area contributed by atoms with Gasteiger partial charge in [0.1, 0.15) is 23.1 Å². The van der Waals surface area contributed by atoms with E-state index in [9.17, 15) is 19.3 Å². The van der Waals surface area contributed by atoms with Gasteiger partial charge in [0.25, 0.3) is 5.69 Å². The minimum Gasteiger partial charge on any atom is -0.476 e. The number of hydrogen-bond acceptors (Lipinski definition) is 6. The zero-order chi connectivity index (χ0) is 20.2. The number of ether oxygens (including phenoxy) is 3. The van der Waals surface area contributed by atoms with Gasteiger partial charge >= 0.3 is 5.97 Å². The van der Waals surface area contributed by atoms with Crippen LogP contribution < -0.4 is 9.47 Å². The smallest absolute Gasteiger partial charge is 0.349 e. The molecule has 2 aromatic rings. The van der Waals surface area contributed by atoms with Gasteiger partial charge in [-0.15, -0.1) is 0 Å². The maximum absolute atomic E-state index is 13.5. The minimum atomic E-state index is -1.17. The Morgan fingerprint density at radius 1 is 1.19 bits per heavy atom. The van der Waals surface area contributed by atoms with Gasteiger partial charge in [0, 0.05) is 6.07 Å². The van der Waals surface area contributed by atoms with Gasteiger partial charge in [-0.25, -0.2) is 9.18 Å². The van der Waals surface area contributed by atoms with Crippen molar-refractivity contribution in [2.24, 2.45) is 0 Å². The number of halogens is 1. The summed E-state index contributed by atoms with van der Waals surface area (Å²) >= 11 is 0. The lowest BCUT2D eigenvalue weighted by atomic mass is 10.1. The molecule has 0 saturated heterocycles. The summed E-state index contributed by atoms with van der Waals surface area (Å²) in [6, 6.07) is 7.77. The molecule has 2 rings (SSSR count). The molecule has 0 spiro atoms. The van der Waals surface area contributed by atoms with Gasteiger partial charge in [-0.05, 0) is 51.5 Å². The van der Waals surface area contributed by atoms with Gasteiger partial charge in [-0.1, -0.05) is 0 Å². The van der Waals surface area contributed by atoms with Gasteiger partial charge in [0.15, 0.2) is 5.60 Å². The quantitative estimate of drug-likeness (QED) is 0.399. The van der Waals surface area contributed by atoms with Gasteiger partial charge in [0.2, 0.25) is 0 Å². The van der Waals surface area contributed by atoms with Crippen LogP contribution in [0.4, 0.5) is 10.1 Å². The summed E-state index contributed by atoms with van der Waals surface area (Å²) in [5.74, 6) is -0.468. The molecule has 0 amide bonds. The van der Waals surface area contributed by atoms with Crippen molar-refractivity contribution in [3.63, 3.8) is 0 Å². The normalized spacial score (nSPS) is 11.0. The van der Waals surface area contributed by atoms with E-state index >= 15 is 0 Å². The van der Waals surface area contributed by atoms with E-state index in [0.717, 1.165) is 18.2 Å². The molecular weight excluding hydrogens is 357 g/mol. The fraction of sp³-hybridized carbons (Fsp3) is 0.316. The predicted molar refractivity (Wildman–Crippen MR) is 95.6 cm³/mol. The summed E-state index contributed by atoms with van der Waals surface area (Å²) in [6.07, 6.45) is 0. The Bertz CT molecular complexity index is 865. The van der Waals surface area contributed by atoms with Crippen molar-refractivity contribution in [3.05, 3.63) is 57.9 Å². The lowest BCUT2D eigenvalue weighted by Gasteiger charge is -2.25. The second kappa shape index (κ2) is 8.03. The molecule has 8 heteroatoms. The van der Waals surface area contributed by atoms with Crippen LogP contribution in [0.1, 0.15) is 26.3 Å². The SMILES string of the molecule is CCOC(=O)C(C)(C)Oc1ccc(Oc2cc(F)cc([N+](=O)[O-])c2)cc1C. The Balaban J connectivity index is 2.20. The fourth-order valence-corrected chi connectivity index (χ4v) is 2.27. The number of esters is 1. The fourth-order valence-electron chi connectivity index (χ4n) is 2.27. The average Bonchev–Trinajstić information content (AvgIpc) is 2.57. The van der Waals surface area contributed by atoms with Crippen LogP contribution in [0, 0.1) is 22.9 Å². The molecular formula is C19H20FNO6. The Kier molecular flexibility index (Phi) is 5.99. The molecule has 0 radical (unpaired) electrons. The summed E-state index contributed by atoms with van der Waals surface area (Å²) in [7, 11) is 0. The zero-order valence-electron chi connectivity index (χ0n) is 15.4. The maximum Gasteiger partial charge on any atom is 0.349 e. The molecule has 0 aliphatic carbocycles. The number of nitrogens with zero attached hydrogens (tertiary/aromatic N) is 1. The zero-order valence-corrected chi connectivity index (χ0v) is 15.4. The largest absolute Gasteiger partial charge is 0.476 e. The number of carbonyl (C=O) groups excluding carboxylic acids is 1. The molecule has 2 aromatic carbocycles. The first kappa shape index (κ1) is 20.2.